The Kier molecular flexibility index (Phi) is 3.51. The number of pyridine rings is 1. The minimum absolute atomic E-state index is 0.883. The number of aromatic amines is 1. The van der Waals surface area contributed by atoms with Crippen LogP contribution in [0.5, 0.6) is 0 Å². The topological polar surface area (TPSA) is 46.5 Å². The van der Waals surface area contributed by atoms with E-state index in [1.807, 2.05) is 60.6 Å². The van der Waals surface area contributed by atoms with Crippen LogP contribution >= 0.6 is 0 Å². The average Bonchev–Trinajstić information content (AvgIpc) is 3.16. The van der Waals surface area contributed by atoms with Crippen molar-refractivity contribution in [2.75, 3.05) is 0 Å². The van der Waals surface area contributed by atoms with E-state index >= 15 is 0 Å². The highest BCUT2D eigenvalue weighted by Gasteiger charge is 2.08. The summed E-state index contributed by atoms with van der Waals surface area (Å²) in [6.45, 7) is 5.81. The molecule has 0 aliphatic carbocycles. The molecule has 0 radical (unpaired) electrons. The lowest BCUT2D eigenvalue weighted by atomic mass is 10.1. The molecule has 0 saturated heterocycles. The van der Waals surface area contributed by atoms with Gasteiger partial charge in [0.2, 0.25) is 0 Å². The van der Waals surface area contributed by atoms with Crippen molar-refractivity contribution in [2.45, 2.75) is 6.92 Å². The molecule has 1 N–H and O–H groups in total. The predicted octanol–water partition coefficient (Wildman–Crippen LogP) is 4.03. The third kappa shape index (κ3) is 2.43. The first-order chi connectivity index (χ1) is 10.3. The number of hydrogen-bond acceptors (Lipinski definition) is 2. The van der Waals surface area contributed by atoms with Gasteiger partial charge in [-0.25, -0.2) is 9.67 Å². The lowest BCUT2D eigenvalue weighted by Gasteiger charge is -2.01. The van der Waals surface area contributed by atoms with Gasteiger partial charge in [0.15, 0.2) is 0 Å². The molecule has 0 bridgehead atoms. The van der Waals surface area contributed by atoms with E-state index < -0.39 is 0 Å². The molecule has 3 heterocycles. The van der Waals surface area contributed by atoms with Crippen molar-refractivity contribution in [1.29, 1.82) is 0 Å². The molecule has 3 aromatic heterocycles. The largest absolute Gasteiger partial charge is 0.346 e. The molecule has 104 valence electrons. The first-order valence-electron chi connectivity index (χ1n) is 6.76. The zero-order valence-electron chi connectivity index (χ0n) is 11.8. The summed E-state index contributed by atoms with van der Waals surface area (Å²) in [4.78, 5) is 7.43. The van der Waals surface area contributed by atoms with Crippen molar-refractivity contribution in [3.63, 3.8) is 0 Å². The van der Waals surface area contributed by atoms with Crippen LogP contribution in [-0.2, 0) is 0 Å². The summed E-state index contributed by atoms with van der Waals surface area (Å²) in [7, 11) is 0. The zero-order chi connectivity index (χ0) is 14.7. The highest BCUT2D eigenvalue weighted by molar-refractivity contribution is 5.92. The summed E-state index contributed by atoms with van der Waals surface area (Å²) >= 11 is 0. The van der Waals surface area contributed by atoms with E-state index in [4.69, 9.17) is 0 Å². The number of aromatic nitrogens is 4. The smallest absolute Gasteiger partial charge is 0.137 e. The molecule has 4 nitrogen and oxygen atoms in total. The maximum absolute atomic E-state index is 4.42. The Bertz CT molecular complexity index is 833. The lowest BCUT2D eigenvalue weighted by Crippen LogP contribution is -1.93. The number of nitrogens with one attached hydrogen (secondary N) is 1. The Morgan fingerprint density at radius 1 is 1.38 bits per heavy atom. The van der Waals surface area contributed by atoms with E-state index in [1.165, 1.54) is 0 Å². The first kappa shape index (κ1) is 13.1. The molecule has 4 heteroatoms. The Balaban J connectivity index is 2.06. The van der Waals surface area contributed by atoms with Gasteiger partial charge in [0.25, 0.3) is 0 Å². The van der Waals surface area contributed by atoms with Gasteiger partial charge in [-0.2, -0.15) is 5.10 Å². The number of nitrogens with zero attached hydrogens (tertiary/aromatic N) is 3. The van der Waals surface area contributed by atoms with E-state index in [0.29, 0.717) is 0 Å². The van der Waals surface area contributed by atoms with Gasteiger partial charge in [-0.1, -0.05) is 18.7 Å². The molecular weight excluding hydrogens is 260 g/mol. The second-order valence-corrected chi connectivity index (χ2v) is 4.59. The molecule has 0 aliphatic heterocycles. The predicted molar refractivity (Wildman–Crippen MR) is 86.6 cm³/mol. The van der Waals surface area contributed by atoms with E-state index in [1.54, 1.807) is 12.3 Å². The molecule has 0 amide bonds. The summed E-state index contributed by atoms with van der Waals surface area (Å²) < 4.78 is 1.82. The molecular formula is C17H16N4. The fraction of sp³-hybridized carbons (Fsp3) is 0.0588. The fourth-order valence-corrected chi connectivity index (χ4v) is 2.25. The molecule has 3 aromatic rings. The monoisotopic (exact) mass is 276 g/mol. The van der Waals surface area contributed by atoms with Crippen LogP contribution < -0.4 is 0 Å². The fourth-order valence-electron chi connectivity index (χ4n) is 2.25. The van der Waals surface area contributed by atoms with Crippen molar-refractivity contribution in [3.05, 3.63) is 67.8 Å². The molecule has 0 saturated carbocycles. The second kappa shape index (κ2) is 5.63. The summed E-state index contributed by atoms with van der Waals surface area (Å²) in [5, 5.41) is 5.51. The SMILES string of the molecule is C=C/C(=C\C=C/C)n1cc(-c2ccnc3[nH]ccc23)cn1. The van der Waals surface area contributed by atoms with Crippen LogP contribution in [0.3, 0.4) is 0 Å². The summed E-state index contributed by atoms with van der Waals surface area (Å²) in [5.74, 6) is 0. The number of allylic oxidation sites excluding steroid dienone is 5. The van der Waals surface area contributed by atoms with E-state index in [2.05, 4.69) is 21.6 Å². The number of rotatable bonds is 4. The Morgan fingerprint density at radius 3 is 3.10 bits per heavy atom. The maximum Gasteiger partial charge on any atom is 0.137 e. The first-order valence-corrected chi connectivity index (χ1v) is 6.76. The zero-order valence-corrected chi connectivity index (χ0v) is 11.8. The van der Waals surface area contributed by atoms with Gasteiger partial charge >= 0.3 is 0 Å². The molecule has 0 aromatic carbocycles. The molecule has 0 spiro atoms. The normalized spacial score (nSPS) is 12.3. The highest BCUT2D eigenvalue weighted by Crippen LogP contribution is 2.27. The Labute approximate surface area is 123 Å². The lowest BCUT2D eigenvalue weighted by molar-refractivity contribution is 0.910. The van der Waals surface area contributed by atoms with Gasteiger partial charge in [0.05, 0.1) is 11.9 Å². The Hall–Kier alpha value is -2.88. The molecule has 21 heavy (non-hydrogen) atoms. The summed E-state index contributed by atoms with van der Waals surface area (Å²) in [6.07, 6.45) is 15.3. The van der Waals surface area contributed by atoms with E-state index in [-0.39, 0.29) is 0 Å². The number of fused-ring (bicyclic) bond motifs is 1. The third-order valence-electron chi connectivity index (χ3n) is 3.29. The van der Waals surface area contributed by atoms with Gasteiger partial charge in [0, 0.05) is 29.5 Å². The van der Waals surface area contributed by atoms with Crippen LogP contribution in [-0.4, -0.2) is 19.7 Å². The minimum atomic E-state index is 0.883. The highest BCUT2D eigenvalue weighted by atomic mass is 15.3. The molecule has 0 atom stereocenters. The Morgan fingerprint density at radius 2 is 2.29 bits per heavy atom. The third-order valence-corrected chi connectivity index (χ3v) is 3.29. The van der Waals surface area contributed by atoms with Crippen LogP contribution in [0.1, 0.15) is 6.92 Å². The number of hydrogen-bond donors (Lipinski definition) is 1. The van der Waals surface area contributed by atoms with Crippen molar-refractivity contribution >= 4 is 16.7 Å². The van der Waals surface area contributed by atoms with Crippen molar-refractivity contribution in [1.82, 2.24) is 19.7 Å². The van der Waals surface area contributed by atoms with E-state index in [0.717, 1.165) is 27.9 Å². The van der Waals surface area contributed by atoms with Crippen LogP contribution in [0.2, 0.25) is 0 Å². The van der Waals surface area contributed by atoms with Crippen LogP contribution in [0.4, 0.5) is 0 Å². The van der Waals surface area contributed by atoms with Crippen molar-refractivity contribution in [3.8, 4) is 11.1 Å². The van der Waals surface area contributed by atoms with Crippen molar-refractivity contribution in [2.24, 2.45) is 0 Å². The quantitative estimate of drug-likeness (QED) is 0.731. The summed E-state index contributed by atoms with van der Waals surface area (Å²) in [6, 6.07) is 4.03. The van der Waals surface area contributed by atoms with Gasteiger partial charge in [-0.05, 0) is 36.8 Å². The minimum Gasteiger partial charge on any atom is -0.346 e. The van der Waals surface area contributed by atoms with Gasteiger partial charge in [-0.15, -0.1) is 0 Å². The molecule has 0 fully saturated rings. The second-order valence-electron chi connectivity index (χ2n) is 4.59. The molecule has 0 unspecified atom stereocenters. The molecule has 3 rings (SSSR count). The summed E-state index contributed by atoms with van der Waals surface area (Å²) in [5.41, 5.74) is 3.98. The van der Waals surface area contributed by atoms with Gasteiger partial charge in [0.1, 0.15) is 5.65 Å². The van der Waals surface area contributed by atoms with E-state index in [9.17, 15) is 0 Å². The van der Waals surface area contributed by atoms with Gasteiger partial charge < -0.3 is 4.98 Å². The van der Waals surface area contributed by atoms with Crippen LogP contribution in [0, 0.1) is 0 Å². The van der Waals surface area contributed by atoms with Crippen molar-refractivity contribution < 1.29 is 0 Å². The average molecular weight is 276 g/mol. The van der Waals surface area contributed by atoms with Gasteiger partial charge in [-0.3, -0.25) is 0 Å². The van der Waals surface area contributed by atoms with Crippen LogP contribution in [0.15, 0.2) is 67.8 Å². The standard InChI is InChI=1S/C17H16N4/c1-3-5-6-14(4-2)21-12-13(11-20-21)15-7-9-18-17-16(15)8-10-19-17/h3-12H,2H2,1H3,(H,18,19)/b5-3-,14-6+. The maximum atomic E-state index is 4.42. The number of H-pyrrole nitrogens is 1. The van der Waals surface area contributed by atoms with Crippen LogP contribution in [0.25, 0.3) is 27.9 Å². The molecule has 0 aliphatic rings.